The molecular weight excluding hydrogens is 551 g/mol. The molecule has 8 nitrogen and oxygen atoms in total. The first-order chi connectivity index (χ1) is 16.6. The van der Waals surface area contributed by atoms with Crippen LogP contribution in [-0.4, -0.2) is 75.4 Å². The number of carbonyl (C=O) groups excluding carboxylic acids is 1. The van der Waals surface area contributed by atoms with Crippen LogP contribution in [0.3, 0.4) is 0 Å². The van der Waals surface area contributed by atoms with Gasteiger partial charge >= 0.3 is 0 Å². The lowest BCUT2D eigenvalue weighted by Crippen LogP contribution is -2.48. The molecule has 190 valence electrons. The van der Waals surface area contributed by atoms with E-state index < -0.39 is 16.1 Å². The van der Waals surface area contributed by atoms with Crippen molar-refractivity contribution in [3.05, 3.63) is 33.6 Å². The molecule has 1 atom stereocenters. The van der Waals surface area contributed by atoms with Crippen molar-refractivity contribution in [2.75, 3.05) is 45.7 Å². The highest BCUT2D eigenvalue weighted by Gasteiger charge is 2.42. The Bertz CT molecular complexity index is 1330. The first-order valence-corrected chi connectivity index (χ1v) is 14.8. The van der Waals surface area contributed by atoms with Crippen molar-refractivity contribution in [1.29, 1.82) is 0 Å². The number of methoxy groups -OCH3 is 1. The van der Waals surface area contributed by atoms with E-state index in [1.54, 1.807) is 30.2 Å². The standard InChI is InChI=1S/C22H26Cl2N4O4S3/c1-26(2)11-5-12-27(22-25-19-16(32-3)8-7-14(23)20(19)34-22)21(29)15-6-4-13-28(15)35(30,31)18-10-9-17(24)33-18/h7-10,15H,4-6,11-13H2,1-3H3. The fraction of sp³-hybridized carbons (Fsp3) is 0.455. The number of nitrogens with zero attached hydrogens (tertiary/aromatic N) is 4. The number of thiophene rings is 1. The fourth-order valence-corrected chi connectivity index (χ4v) is 8.62. The summed E-state index contributed by atoms with van der Waals surface area (Å²) in [5, 5.41) is 0.989. The number of rotatable bonds is 9. The Kier molecular flexibility index (Phi) is 8.26. The molecule has 1 saturated heterocycles. The van der Waals surface area contributed by atoms with Crippen molar-refractivity contribution >= 4 is 77.2 Å². The van der Waals surface area contributed by atoms with E-state index in [4.69, 9.17) is 32.9 Å². The lowest BCUT2D eigenvalue weighted by atomic mass is 10.2. The molecule has 1 aromatic carbocycles. The lowest BCUT2D eigenvalue weighted by molar-refractivity contribution is -0.121. The lowest BCUT2D eigenvalue weighted by Gasteiger charge is -2.28. The molecule has 0 bridgehead atoms. The third kappa shape index (κ3) is 5.46. The van der Waals surface area contributed by atoms with Crippen molar-refractivity contribution in [1.82, 2.24) is 14.2 Å². The van der Waals surface area contributed by atoms with Crippen LogP contribution >= 0.6 is 45.9 Å². The van der Waals surface area contributed by atoms with Crippen molar-refractivity contribution in [2.45, 2.75) is 29.5 Å². The Balaban J connectivity index is 1.70. The summed E-state index contributed by atoms with van der Waals surface area (Å²) in [6.45, 7) is 1.43. The first kappa shape index (κ1) is 26.6. The zero-order valence-corrected chi connectivity index (χ0v) is 23.5. The van der Waals surface area contributed by atoms with E-state index in [1.165, 1.54) is 21.7 Å². The van der Waals surface area contributed by atoms with Crippen LogP contribution < -0.4 is 9.64 Å². The number of hydrogen-bond donors (Lipinski definition) is 0. The van der Waals surface area contributed by atoms with Crippen LogP contribution in [0.25, 0.3) is 10.2 Å². The summed E-state index contributed by atoms with van der Waals surface area (Å²) in [7, 11) is 1.63. The molecule has 13 heteroatoms. The van der Waals surface area contributed by atoms with Gasteiger partial charge in [-0.3, -0.25) is 9.69 Å². The second-order valence-electron chi connectivity index (χ2n) is 8.40. The number of thiazole rings is 1. The zero-order chi connectivity index (χ0) is 25.3. The van der Waals surface area contributed by atoms with Crippen molar-refractivity contribution < 1.29 is 17.9 Å². The summed E-state index contributed by atoms with van der Waals surface area (Å²) in [4.78, 5) is 22.3. The third-order valence-electron chi connectivity index (χ3n) is 5.75. The van der Waals surface area contributed by atoms with Gasteiger partial charge in [0, 0.05) is 13.1 Å². The number of fused-ring (bicyclic) bond motifs is 1. The number of amides is 1. The molecule has 1 aliphatic rings. The molecule has 3 aromatic rings. The summed E-state index contributed by atoms with van der Waals surface area (Å²) in [5.41, 5.74) is 0.578. The maximum atomic E-state index is 13.9. The van der Waals surface area contributed by atoms with Crippen LogP contribution in [0.15, 0.2) is 28.5 Å². The molecule has 1 unspecified atom stereocenters. The molecule has 1 amide bonds. The van der Waals surface area contributed by atoms with Crippen LogP contribution in [0.4, 0.5) is 5.13 Å². The summed E-state index contributed by atoms with van der Waals surface area (Å²) in [5.74, 6) is 0.272. The van der Waals surface area contributed by atoms with Gasteiger partial charge in [0.25, 0.3) is 10.0 Å². The molecule has 0 radical (unpaired) electrons. The first-order valence-electron chi connectivity index (χ1n) is 11.0. The highest BCUT2D eigenvalue weighted by molar-refractivity contribution is 7.91. The minimum Gasteiger partial charge on any atom is -0.494 e. The molecule has 4 rings (SSSR count). The SMILES string of the molecule is COc1ccc(Cl)c2sc(N(CCCN(C)C)C(=O)C3CCCN3S(=O)(=O)c3ccc(Cl)s3)nc12. The van der Waals surface area contributed by atoms with Crippen molar-refractivity contribution in [2.24, 2.45) is 0 Å². The van der Waals surface area contributed by atoms with Gasteiger partial charge in [0.1, 0.15) is 21.5 Å². The van der Waals surface area contributed by atoms with Crippen molar-refractivity contribution in [3.63, 3.8) is 0 Å². The molecule has 3 heterocycles. The zero-order valence-electron chi connectivity index (χ0n) is 19.5. The van der Waals surface area contributed by atoms with Gasteiger partial charge < -0.3 is 9.64 Å². The highest BCUT2D eigenvalue weighted by Crippen LogP contribution is 2.40. The Morgan fingerprint density at radius 2 is 1.97 bits per heavy atom. The molecule has 0 aliphatic carbocycles. The summed E-state index contributed by atoms with van der Waals surface area (Å²) in [6.07, 6.45) is 1.73. The predicted molar refractivity (Wildman–Crippen MR) is 143 cm³/mol. The van der Waals surface area contributed by atoms with Crippen LogP contribution in [0, 0.1) is 0 Å². The van der Waals surface area contributed by atoms with Gasteiger partial charge in [-0.2, -0.15) is 4.31 Å². The second kappa shape index (κ2) is 10.9. The number of aromatic nitrogens is 1. The molecule has 0 spiro atoms. The van der Waals surface area contributed by atoms with Gasteiger partial charge in [0.05, 0.1) is 21.2 Å². The number of ether oxygens (including phenoxy) is 1. The van der Waals surface area contributed by atoms with Gasteiger partial charge in [0.2, 0.25) is 5.91 Å². The number of sulfonamides is 1. The van der Waals surface area contributed by atoms with E-state index >= 15 is 0 Å². The van der Waals surface area contributed by atoms with Gasteiger partial charge in [-0.1, -0.05) is 34.5 Å². The van der Waals surface area contributed by atoms with E-state index in [0.29, 0.717) is 51.6 Å². The number of anilines is 1. The number of carbonyl (C=O) groups is 1. The maximum absolute atomic E-state index is 13.9. The van der Waals surface area contributed by atoms with E-state index in [0.717, 1.165) is 22.6 Å². The summed E-state index contributed by atoms with van der Waals surface area (Å²) >= 11 is 14.7. The predicted octanol–water partition coefficient (Wildman–Crippen LogP) is 4.81. The molecule has 0 N–H and O–H groups in total. The quantitative estimate of drug-likeness (QED) is 0.363. The van der Waals surface area contributed by atoms with E-state index in [1.807, 2.05) is 19.0 Å². The van der Waals surface area contributed by atoms with Gasteiger partial charge in [-0.25, -0.2) is 13.4 Å². The molecule has 1 fully saturated rings. The van der Waals surface area contributed by atoms with Gasteiger partial charge in [-0.05, 0) is 64.2 Å². The second-order valence-corrected chi connectivity index (χ2v) is 13.6. The van der Waals surface area contributed by atoms with E-state index in [9.17, 15) is 13.2 Å². The Hall–Kier alpha value is -1.47. The molecule has 1 aliphatic heterocycles. The number of benzene rings is 1. The topological polar surface area (TPSA) is 83.0 Å². The maximum Gasteiger partial charge on any atom is 0.253 e. The number of halogens is 2. The fourth-order valence-electron chi connectivity index (χ4n) is 4.07. The Labute approximate surface area is 223 Å². The minimum absolute atomic E-state index is 0.137. The average molecular weight is 578 g/mol. The van der Waals surface area contributed by atoms with Gasteiger partial charge in [-0.15, -0.1) is 11.3 Å². The largest absolute Gasteiger partial charge is 0.494 e. The smallest absolute Gasteiger partial charge is 0.253 e. The average Bonchev–Trinajstić information content (AvgIpc) is 3.56. The molecule has 0 saturated carbocycles. The van der Waals surface area contributed by atoms with Crippen LogP contribution in [0.1, 0.15) is 19.3 Å². The van der Waals surface area contributed by atoms with Crippen LogP contribution in [0.2, 0.25) is 9.36 Å². The van der Waals surface area contributed by atoms with E-state index in [2.05, 4.69) is 0 Å². The monoisotopic (exact) mass is 576 g/mol. The van der Waals surface area contributed by atoms with Crippen LogP contribution in [-0.2, 0) is 14.8 Å². The Morgan fingerprint density at radius 3 is 2.63 bits per heavy atom. The minimum atomic E-state index is -3.85. The molecule has 35 heavy (non-hydrogen) atoms. The van der Waals surface area contributed by atoms with Gasteiger partial charge in [0.15, 0.2) is 5.13 Å². The summed E-state index contributed by atoms with van der Waals surface area (Å²) in [6, 6.07) is 5.70. The molecular formula is C22H26Cl2N4O4S3. The Morgan fingerprint density at radius 1 is 1.20 bits per heavy atom. The van der Waals surface area contributed by atoms with E-state index in [-0.39, 0.29) is 16.7 Å². The normalized spacial score (nSPS) is 16.9. The van der Waals surface area contributed by atoms with Crippen molar-refractivity contribution in [3.8, 4) is 5.75 Å². The highest BCUT2D eigenvalue weighted by atomic mass is 35.5. The molecule has 2 aromatic heterocycles. The number of hydrogen-bond acceptors (Lipinski definition) is 8. The third-order valence-corrected chi connectivity index (χ3v) is 10.9. The van der Waals surface area contributed by atoms with Crippen LogP contribution in [0.5, 0.6) is 5.75 Å². The summed E-state index contributed by atoms with van der Waals surface area (Å²) < 4.78 is 34.7.